The van der Waals surface area contributed by atoms with E-state index < -0.39 is 17.6 Å². The molecule has 0 aliphatic heterocycles. The van der Waals surface area contributed by atoms with Gasteiger partial charge in [-0.05, 0) is 18.2 Å². The number of halogens is 4. The molecule has 3 aromatic rings. The number of nitrogens with zero attached hydrogens (tertiary/aromatic N) is 1. The maximum Gasteiger partial charge on any atom is 0.416 e. The molecule has 0 bridgehead atoms. The van der Waals surface area contributed by atoms with Crippen molar-refractivity contribution in [3.8, 4) is 0 Å². The number of rotatable bonds is 2. The minimum atomic E-state index is -4.52. The van der Waals surface area contributed by atoms with Gasteiger partial charge < -0.3 is 14.3 Å². The van der Waals surface area contributed by atoms with Crippen LogP contribution in [-0.4, -0.2) is 10.5 Å². The third kappa shape index (κ3) is 2.79. The van der Waals surface area contributed by atoms with Crippen LogP contribution in [0.5, 0.6) is 0 Å². The van der Waals surface area contributed by atoms with E-state index in [1.807, 2.05) is 0 Å². The summed E-state index contributed by atoms with van der Waals surface area (Å²) in [5.74, 6) is -0.583. The molecule has 0 radical (unpaired) electrons. The second-order valence-corrected chi connectivity index (χ2v) is 5.31. The lowest BCUT2D eigenvalue weighted by molar-refractivity contribution is -0.137. The summed E-state index contributed by atoms with van der Waals surface area (Å²) in [6.45, 7) is 0. The van der Waals surface area contributed by atoms with Gasteiger partial charge in [0.2, 0.25) is 0 Å². The first-order valence-corrected chi connectivity index (χ1v) is 6.86. The lowest BCUT2D eigenvalue weighted by Gasteiger charge is -2.12. The third-order valence-corrected chi connectivity index (χ3v) is 3.77. The Morgan fingerprint density at radius 3 is 2.65 bits per heavy atom. The number of fused-ring (bicyclic) bond motifs is 1. The molecule has 0 unspecified atom stereocenters. The van der Waals surface area contributed by atoms with Crippen molar-refractivity contribution in [2.24, 2.45) is 7.05 Å². The van der Waals surface area contributed by atoms with Crippen LogP contribution in [0.4, 0.5) is 18.9 Å². The molecule has 0 saturated carbocycles. The lowest BCUT2D eigenvalue weighted by Crippen LogP contribution is -2.16. The van der Waals surface area contributed by atoms with Crippen molar-refractivity contribution in [1.29, 1.82) is 0 Å². The highest BCUT2D eigenvalue weighted by Crippen LogP contribution is 2.34. The molecule has 0 atom stereocenters. The van der Waals surface area contributed by atoms with Crippen LogP contribution in [0.15, 0.2) is 41.0 Å². The zero-order valence-electron chi connectivity index (χ0n) is 11.7. The van der Waals surface area contributed by atoms with Crippen molar-refractivity contribution >= 4 is 34.3 Å². The van der Waals surface area contributed by atoms with Gasteiger partial charge in [0, 0.05) is 19.2 Å². The Morgan fingerprint density at radius 1 is 1.26 bits per heavy atom. The zero-order chi connectivity index (χ0) is 16.8. The Kier molecular flexibility index (Phi) is 3.60. The topological polar surface area (TPSA) is 47.2 Å². The second kappa shape index (κ2) is 5.34. The van der Waals surface area contributed by atoms with Crippen molar-refractivity contribution < 1.29 is 22.4 Å². The molecule has 3 rings (SSSR count). The molecule has 0 saturated heterocycles. The fraction of sp³-hybridized carbons (Fsp3) is 0.133. The molecule has 8 heteroatoms. The number of anilines is 1. The van der Waals surface area contributed by atoms with Crippen LogP contribution in [0.1, 0.15) is 16.1 Å². The van der Waals surface area contributed by atoms with E-state index in [0.29, 0.717) is 11.1 Å². The normalized spacial score (nSPS) is 11.9. The van der Waals surface area contributed by atoms with Crippen molar-refractivity contribution in [2.45, 2.75) is 6.18 Å². The first kappa shape index (κ1) is 15.5. The maximum atomic E-state index is 12.7. The number of aryl methyl sites for hydroxylation is 1. The zero-order valence-corrected chi connectivity index (χ0v) is 12.5. The summed E-state index contributed by atoms with van der Waals surface area (Å²) in [6, 6.07) is 5.94. The molecule has 2 aromatic heterocycles. The van der Waals surface area contributed by atoms with Crippen LogP contribution < -0.4 is 5.32 Å². The summed E-state index contributed by atoms with van der Waals surface area (Å²) >= 11 is 5.87. The molecular formula is C15H10ClF3N2O2. The van der Waals surface area contributed by atoms with Crippen LogP contribution in [0.3, 0.4) is 0 Å². The van der Waals surface area contributed by atoms with Crippen molar-refractivity contribution in [1.82, 2.24) is 4.57 Å². The van der Waals surface area contributed by atoms with E-state index in [9.17, 15) is 18.0 Å². The van der Waals surface area contributed by atoms with Crippen LogP contribution in [0.25, 0.3) is 11.1 Å². The third-order valence-electron chi connectivity index (χ3n) is 3.44. The summed E-state index contributed by atoms with van der Waals surface area (Å²) in [7, 11) is 1.65. The van der Waals surface area contributed by atoms with E-state index in [1.165, 1.54) is 12.3 Å². The van der Waals surface area contributed by atoms with Gasteiger partial charge in [0.15, 0.2) is 5.58 Å². The number of aromatic nitrogens is 1. The standard InChI is InChI=1S/C15H10ClF3N2O2/c1-21-11-4-5-23-13(11)7-12(21)14(22)20-10-6-8(15(17,18)19)2-3-9(10)16/h2-7H,1H3,(H,20,22). The Hall–Kier alpha value is -2.41. The molecular weight excluding hydrogens is 333 g/mol. The maximum absolute atomic E-state index is 12.7. The number of furan rings is 1. The molecule has 2 heterocycles. The summed E-state index contributed by atoms with van der Waals surface area (Å²) < 4.78 is 45.0. The van der Waals surface area contributed by atoms with Gasteiger partial charge in [-0.15, -0.1) is 0 Å². The van der Waals surface area contributed by atoms with E-state index >= 15 is 0 Å². The highest BCUT2D eigenvalue weighted by atomic mass is 35.5. The number of benzene rings is 1. The summed E-state index contributed by atoms with van der Waals surface area (Å²) in [5.41, 5.74) is 0.452. The molecule has 23 heavy (non-hydrogen) atoms. The van der Waals surface area contributed by atoms with Crippen molar-refractivity contribution in [2.75, 3.05) is 5.32 Å². The van der Waals surface area contributed by atoms with Crippen LogP contribution in [-0.2, 0) is 13.2 Å². The van der Waals surface area contributed by atoms with Gasteiger partial charge in [-0.1, -0.05) is 11.6 Å². The van der Waals surface area contributed by atoms with Crippen LogP contribution >= 0.6 is 11.6 Å². The average Bonchev–Trinajstić information content (AvgIpc) is 3.03. The predicted octanol–water partition coefficient (Wildman–Crippen LogP) is 4.70. The van der Waals surface area contributed by atoms with Crippen molar-refractivity contribution in [3.63, 3.8) is 0 Å². The number of alkyl halides is 3. The highest BCUT2D eigenvalue weighted by Gasteiger charge is 2.31. The second-order valence-electron chi connectivity index (χ2n) is 4.91. The van der Waals surface area contributed by atoms with Gasteiger partial charge in [-0.25, -0.2) is 0 Å². The number of carbonyl (C=O) groups excluding carboxylic acids is 1. The summed E-state index contributed by atoms with van der Waals surface area (Å²) in [6.07, 6.45) is -3.04. The van der Waals surface area contributed by atoms with Crippen molar-refractivity contribution in [3.05, 3.63) is 52.9 Å². The number of carbonyl (C=O) groups is 1. The fourth-order valence-corrected chi connectivity index (χ4v) is 2.42. The first-order chi connectivity index (χ1) is 10.8. The molecule has 4 nitrogen and oxygen atoms in total. The van der Waals surface area contributed by atoms with E-state index in [2.05, 4.69) is 5.32 Å². The van der Waals surface area contributed by atoms with Gasteiger partial charge in [0.1, 0.15) is 5.69 Å². The number of hydrogen-bond donors (Lipinski definition) is 1. The summed E-state index contributed by atoms with van der Waals surface area (Å²) in [5, 5.41) is 2.42. The van der Waals surface area contributed by atoms with Gasteiger partial charge >= 0.3 is 6.18 Å². The average molecular weight is 343 g/mol. The van der Waals surface area contributed by atoms with Gasteiger partial charge in [0.05, 0.1) is 28.1 Å². The Labute approximate surface area is 133 Å². The highest BCUT2D eigenvalue weighted by molar-refractivity contribution is 6.34. The molecule has 0 spiro atoms. The minimum absolute atomic E-state index is 0.0178. The smallest absolute Gasteiger partial charge is 0.416 e. The first-order valence-electron chi connectivity index (χ1n) is 6.48. The van der Waals surface area contributed by atoms with E-state index in [4.69, 9.17) is 16.0 Å². The molecule has 1 amide bonds. The Morgan fingerprint density at radius 2 is 2.00 bits per heavy atom. The Balaban J connectivity index is 1.93. The Bertz CT molecular complexity index is 896. The number of hydrogen-bond acceptors (Lipinski definition) is 2. The molecule has 120 valence electrons. The fourth-order valence-electron chi connectivity index (χ4n) is 2.25. The van der Waals surface area contributed by atoms with E-state index in [-0.39, 0.29) is 16.4 Å². The van der Waals surface area contributed by atoms with Gasteiger partial charge in [-0.3, -0.25) is 4.79 Å². The monoisotopic (exact) mass is 342 g/mol. The number of amides is 1. The predicted molar refractivity (Wildman–Crippen MR) is 79.6 cm³/mol. The van der Waals surface area contributed by atoms with Gasteiger partial charge in [-0.2, -0.15) is 13.2 Å². The molecule has 0 aliphatic rings. The van der Waals surface area contributed by atoms with E-state index in [0.717, 1.165) is 18.2 Å². The number of nitrogens with one attached hydrogen (secondary N) is 1. The quantitative estimate of drug-likeness (QED) is 0.734. The molecule has 0 fully saturated rings. The van der Waals surface area contributed by atoms with Crippen LogP contribution in [0, 0.1) is 0 Å². The van der Waals surface area contributed by atoms with Gasteiger partial charge in [0.25, 0.3) is 5.91 Å². The SMILES string of the molecule is Cn1c(C(=O)Nc2cc(C(F)(F)F)ccc2Cl)cc2occc21. The minimum Gasteiger partial charge on any atom is -0.463 e. The van der Waals surface area contributed by atoms with E-state index in [1.54, 1.807) is 17.7 Å². The largest absolute Gasteiger partial charge is 0.463 e. The summed E-state index contributed by atoms with van der Waals surface area (Å²) in [4.78, 5) is 12.3. The molecule has 1 aromatic carbocycles. The molecule has 1 N–H and O–H groups in total. The molecule has 0 aliphatic carbocycles. The lowest BCUT2D eigenvalue weighted by atomic mass is 10.2. The van der Waals surface area contributed by atoms with Crippen LogP contribution in [0.2, 0.25) is 5.02 Å².